The van der Waals surface area contributed by atoms with Crippen LogP contribution in [-0.2, 0) is 6.42 Å². The molecule has 0 N–H and O–H groups in total. The van der Waals surface area contributed by atoms with Crippen molar-refractivity contribution in [1.29, 1.82) is 0 Å². The van der Waals surface area contributed by atoms with E-state index >= 15 is 0 Å². The van der Waals surface area contributed by atoms with E-state index in [2.05, 4.69) is 37.0 Å². The number of benzene rings is 1. The predicted molar refractivity (Wildman–Crippen MR) is 55.9 cm³/mol. The SMILES string of the molecule is CCc1ccc(C)c2cccnc12. The van der Waals surface area contributed by atoms with Gasteiger partial charge in [0.15, 0.2) is 0 Å². The molecule has 2 aromatic rings. The molecule has 0 bridgehead atoms. The Balaban J connectivity index is 2.84. The fourth-order valence-corrected chi connectivity index (χ4v) is 1.66. The average molecular weight is 171 g/mol. The summed E-state index contributed by atoms with van der Waals surface area (Å²) >= 11 is 0. The van der Waals surface area contributed by atoms with Crippen molar-refractivity contribution in [3.05, 3.63) is 41.6 Å². The second-order valence-electron chi connectivity index (χ2n) is 3.29. The zero-order valence-corrected chi connectivity index (χ0v) is 8.04. The maximum atomic E-state index is 4.41. The van der Waals surface area contributed by atoms with Gasteiger partial charge in [0.25, 0.3) is 0 Å². The van der Waals surface area contributed by atoms with Crippen LogP contribution in [0.15, 0.2) is 30.5 Å². The van der Waals surface area contributed by atoms with Gasteiger partial charge >= 0.3 is 0 Å². The Hall–Kier alpha value is -1.37. The normalized spacial score (nSPS) is 10.6. The first-order valence-electron chi connectivity index (χ1n) is 4.66. The molecule has 1 aromatic heterocycles. The lowest BCUT2D eigenvalue weighted by atomic mass is 10.0. The minimum atomic E-state index is 1.05. The zero-order chi connectivity index (χ0) is 9.26. The van der Waals surface area contributed by atoms with Crippen molar-refractivity contribution >= 4 is 10.9 Å². The van der Waals surface area contributed by atoms with Gasteiger partial charge in [-0.1, -0.05) is 25.1 Å². The van der Waals surface area contributed by atoms with Crippen LogP contribution in [0.3, 0.4) is 0 Å². The monoisotopic (exact) mass is 171 g/mol. The standard InChI is InChI=1S/C12H13N/c1-3-10-7-6-9(2)11-5-4-8-13-12(10)11/h4-8H,3H2,1-2H3. The van der Waals surface area contributed by atoms with Crippen LogP contribution >= 0.6 is 0 Å². The molecule has 0 aliphatic rings. The van der Waals surface area contributed by atoms with Crippen LogP contribution < -0.4 is 0 Å². The molecule has 0 fully saturated rings. The summed E-state index contributed by atoms with van der Waals surface area (Å²) in [5, 5.41) is 1.28. The second-order valence-corrected chi connectivity index (χ2v) is 3.29. The Morgan fingerprint density at radius 2 is 2.08 bits per heavy atom. The Labute approximate surface area is 78.4 Å². The van der Waals surface area contributed by atoms with Gasteiger partial charge in [-0.05, 0) is 30.5 Å². The first-order chi connectivity index (χ1) is 6.33. The molecule has 0 amide bonds. The van der Waals surface area contributed by atoms with Gasteiger partial charge in [0.1, 0.15) is 0 Å². The number of pyridine rings is 1. The fourth-order valence-electron chi connectivity index (χ4n) is 1.66. The van der Waals surface area contributed by atoms with Crippen LogP contribution in [0.1, 0.15) is 18.1 Å². The minimum Gasteiger partial charge on any atom is -0.256 e. The number of aryl methyl sites for hydroxylation is 2. The van der Waals surface area contributed by atoms with E-state index in [4.69, 9.17) is 0 Å². The van der Waals surface area contributed by atoms with Crippen molar-refractivity contribution in [3.8, 4) is 0 Å². The molecule has 2 rings (SSSR count). The number of hydrogen-bond donors (Lipinski definition) is 0. The van der Waals surface area contributed by atoms with Crippen molar-refractivity contribution in [3.63, 3.8) is 0 Å². The van der Waals surface area contributed by atoms with Gasteiger partial charge in [0, 0.05) is 11.6 Å². The number of fused-ring (bicyclic) bond motifs is 1. The van der Waals surface area contributed by atoms with E-state index < -0.39 is 0 Å². The van der Waals surface area contributed by atoms with Crippen molar-refractivity contribution in [2.45, 2.75) is 20.3 Å². The molecule has 1 heteroatoms. The van der Waals surface area contributed by atoms with E-state index in [1.165, 1.54) is 16.5 Å². The molecule has 66 valence electrons. The van der Waals surface area contributed by atoms with Crippen LogP contribution in [0.25, 0.3) is 10.9 Å². The summed E-state index contributed by atoms with van der Waals surface area (Å²) in [6, 6.07) is 8.47. The van der Waals surface area contributed by atoms with Crippen molar-refractivity contribution in [1.82, 2.24) is 4.98 Å². The highest BCUT2D eigenvalue weighted by Crippen LogP contribution is 2.20. The van der Waals surface area contributed by atoms with Gasteiger partial charge in [-0.25, -0.2) is 0 Å². The first kappa shape index (κ1) is 8.24. The Bertz CT molecular complexity index is 432. The summed E-state index contributed by atoms with van der Waals surface area (Å²) in [4.78, 5) is 4.41. The summed E-state index contributed by atoms with van der Waals surface area (Å²) in [5.74, 6) is 0. The Morgan fingerprint density at radius 3 is 2.85 bits per heavy atom. The molecule has 0 unspecified atom stereocenters. The third-order valence-electron chi connectivity index (χ3n) is 2.45. The van der Waals surface area contributed by atoms with Gasteiger partial charge in [0.05, 0.1) is 5.52 Å². The van der Waals surface area contributed by atoms with Gasteiger partial charge in [0.2, 0.25) is 0 Å². The topological polar surface area (TPSA) is 12.9 Å². The second kappa shape index (κ2) is 3.17. The largest absolute Gasteiger partial charge is 0.256 e. The Morgan fingerprint density at radius 1 is 1.23 bits per heavy atom. The molecular weight excluding hydrogens is 158 g/mol. The van der Waals surface area contributed by atoms with Gasteiger partial charge in [-0.3, -0.25) is 4.98 Å². The smallest absolute Gasteiger partial charge is 0.0736 e. The van der Waals surface area contributed by atoms with Crippen LogP contribution in [0.4, 0.5) is 0 Å². The molecule has 1 heterocycles. The number of nitrogens with zero attached hydrogens (tertiary/aromatic N) is 1. The predicted octanol–water partition coefficient (Wildman–Crippen LogP) is 3.11. The van der Waals surface area contributed by atoms with Gasteiger partial charge in [-0.2, -0.15) is 0 Å². The van der Waals surface area contributed by atoms with Crippen molar-refractivity contribution in [2.24, 2.45) is 0 Å². The van der Waals surface area contributed by atoms with Crippen LogP contribution in [0, 0.1) is 6.92 Å². The van der Waals surface area contributed by atoms with Crippen molar-refractivity contribution in [2.75, 3.05) is 0 Å². The van der Waals surface area contributed by atoms with Gasteiger partial charge < -0.3 is 0 Å². The third kappa shape index (κ3) is 1.31. The molecule has 0 aliphatic carbocycles. The average Bonchev–Trinajstić information content (AvgIpc) is 2.19. The molecule has 0 atom stereocenters. The zero-order valence-electron chi connectivity index (χ0n) is 8.04. The molecule has 1 nitrogen and oxygen atoms in total. The van der Waals surface area contributed by atoms with E-state index in [0.29, 0.717) is 0 Å². The van der Waals surface area contributed by atoms with Gasteiger partial charge in [-0.15, -0.1) is 0 Å². The number of rotatable bonds is 1. The molecule has 0 saturated carbocycles. The molecule has 0 radical (unpaired) electrons. The molecule has 13 heavy (non-hydrogen) atoms. The highest BCUT2D eigenvalue weighted by molar-refractivity contribution is 5.84. The van der Waals surface area contributed by atoms with Crippen molar-refractivity contribution < 1.29 is 0 Å². The van der Waals surface area contributed by atoms with E-state index in [-0.39, 0.29) is 0 Å². The number of hydrogen-bond acceptors (Lipinski definition) is 1. The Kier molecular flexibility index (Phi) is 2.01. The van der Waals surface area contributed by atoms with Crippen LogP contribution in [0.2, 0.25) is 0 Å². The molecular formula is C12H13N. The summed E-state index contributed by atoms with van der Waals surface area (Å²) in [5.41, 5.74) is 3.80. The maximum absolute atomic E-state index is 4.41. The summed E-state index contributed by atoms with van der Waals surface area (Å²) in [6.45, 7) is 4.29. The first-order valence-corrected chi connectivity index (χ1v) is 4.66. The lowest BCUT2D eigenvalue weighted by molar-refractivity contribution is 1.14. The minimum absolute atomic E-state index is 1.05. The lowest BCUT2D eigenvalue weighted by Crippen LogP contribution is -1.88. The molecule has 0 spiro atoms. The van der Waals surface area contributed by atoms with E-state index in [0.717, 1.165) is 11.9 Å². The summed E-state index contributed by atoms with van der Waals surface area (Å²) in [6.07, 6.45) is 2.91. The number of aromatic nitrogens is 1. The van der Waals surface area contributed by atoms with E-state index in [9.17, 15) is 0 Å². The van der Waals surface area contributed by atoms with E-state index in [1.807, 2.05) is 12.3 Å². The molecule has 0 saturated heterocycles. The highest BCUT2D eigenvalue weighted by atomic mass is 14.6. The third-order valence-corrected chi connectivity index (χ3v) is 2.45. The molecule has 0 aliphatic heterocycles. The lowest BCUT2D eigenvalue weighted by Gasteiger charge is -2.05. The van der Waals surface area contributed by atoms with Crippen LogP contribution in [-0.4, -0.2) is 4.98 Å². The fraction of sp³-hybridized carbons (Fsp3) is 0.250. The van der Waals surface area contributed by atoms with Crippen LogP contribution in [0.5, 0.6) is 0 Å². The summed E-state index contributed by atoms with van der Waals surface area (Å²) in [7, 11) is 0. The summed E-state index contributed by atoms with van der Waals surface area (Å²) < 4.78 is 0. The van der Waals surface area contributed by atoms with E-state index in [1.54, 1.807) is 0 Å². The molecule has 1 aromatic carbocycles. The quantitative estimate of drug-likeness (QED) is 0.642. The highest BCUT2D eigenvalue weighted by Gasteiger charge is 2.01. The maximum Gasteiger partial charge on any atom is 0.0736 e.